The summed E-state index contributed by atoms with van der Waals surface area (Å²) in [5.74, 6) is 2.09. The Labute approximate surface area is 145 Å². The monoisotopic (exact) mass is 384 g/mol. The summed E-state index contributed by atoms with van der Waals surface area (Å²) in [6.45, 7) is 2.19. The summed E-state index contributed by atoms with van der Waals surface area (Å²) in [6, 6.07) is 5.94. The lowest BCUT2D eigenvalue weighted by Crippen LogP contribution is -2.26. The molecule has 22 heavy (non-hydrogen) atoms. The van der Waals surface area contributed by atoms with E-state index < -0.39 is 0 Å². The van der Waals surface area contributed by atoms with E-state index in [1.54, 1.807) is 25.6 Å². The number of piperidine rings is 1. The first-order valence-corrected chi connectivity index (χ1v) is 8.08. The molecular weight excluding hydrogens is 364 g/mol. The zero-order valence-electron chi connectivity index (χ0n) is 12.8. The van der Waals surface area contributed by atoms with Crippen molar-refractivity contribution in [3.8, 4) is 22.8 Å². The van der Waals surface area contributed by atoms with Gasteiger partial charge in [-0.1, -0.05) is 0 Å². The second-order valence-corrected chi connectivity index (χ2v) is 6.05. The summed E-state index contributed by atoms with van der Waals surface area (Å²) < 4.78 is 10.6. The van der Waals surface area contributed by atoms with Crippen molar-refractivity contribution >= 4 is 28.3 Å². The number of methoxy groups -OCH3 is 2. The van der Waals surface area contributed by atoms with Crippen LogP contribution in [0.1, 0.15) is 23.8 Å². The number of nitrogens with one attached hydrogen (secondary N) is 1. The lowest BCUT2D eigenvalue weighted by molar-refractivity contribution is 0.355. The molecule has 0 aliphatic carbocycles. The van der Waals surface area contributed by atoms with Crippen LogP contribution < -0.4 is 14.8 Å². The molecule has 4 nitrogen and oxygen atoms in total. The van der Waals surface area contributed by atoms with Crippen LogP contribution in [0.3, 0.4) is 0 Å². The molecule has 1 aliphatic heterocycles. The molecule has 0 saturated carbocycles. The fraction of sp³-hybridized carbons (Fsp3) is 0.438. The van der Waals surface area contributed by atoms with Crippen molar-refractivity contribution in [2.45, 2.75) is 18.8 Å². The summed E-state index contributed by atoms with van der Waals surface area (Å²) in [4.78, 5) is 4.83. The second kappa shape index (κ2) is 7.94. The van der Waals surface area contributed by atoms with Gasteiger partial charge in [-0.2, -0.15) is 0 Å². The van der Waals surface area contributed by atoms with Gasteiger partial charge in [0, 0.05) is 16.9 Å². The highest BCUT2D eigenvalue weighted by molar-refractivity contribution is 8.93. The molecule has 0 spiro atoms. The Morgan fingerprint density at radius 1 is 1.14 bits per heavy atom. The first-order chi connectivity index (χ1) is 10.3. The van der Waals surface area contributed by atoms with Crippen molar-refractivity contribution in [2.75, 3.05) is 27.3 Å². The first-order valence-electron chi connectivity index (χ1n) is 7.20. The van der Waals surface area contributed by atoms with Crippen molar-refractivity contribution in [3.05, 3.63) is 28.6 Å². The van der Waals surface area contributed by atoms with Gasteiger partial charge in [0.25, 0.3) is 0 Å². The molecule has 1 N–H and O–H groups in total. The normalized spacial score (nSPS) is 15.2. The predicted molar refractivity (Wildman–Crippen MR) is 95.8 cm³/mol. The first kappa shape index (κ1) is 17.2. The number of halogens is 1. The molecule has 2 heterocycles. The number of rotatable bonds is 4. The van der Waals surface area contributed by atoms with Crippen LogP contribution in [-0.2, 0) is 0 Å². The van der Waals surface area contributed by atoms with Crippen LogP contribution in [0.5, 0.6) is 11.5 Å². The minimum Gasteiger partial charge on any atom is -0.493 e. The average molecular weight is 385 g/mol. The van der Waals surface area contributed by atoms with Gasteiger partial charge < -0.3 is 14.8 Å². The molecule has 0 atom stereocenters. The molecule has 1 aromatic heterocycles. The standard InChI is InChI=1S/C16H20N2O2S.BrH/c1-19-14-4-3-12(9-15(14)20-2)13-10-21-16(18-13)11-5-7-17-8-6-11;/h3-4,9-11,17H,5-8H2,1-2H3;1H. The van der Waals surface area contributed by atoms with E-state index in [4.69, 9.17) is 14.5 Å². The minimum absolute atomic E-state index is 0. The number of aromatic nitrogens is 1. The summed E-state index contributed by atoms with van der Waals surface area (Å²) in [6.07, 6.45) is 2.36. The van der Waals surface area contributed by atoms with Gasteiger partial charge in [-0.15, -0.1) is 28.3 Å². The van der Waals surface area contributed by atoms with Crippen LogP contribution in [0.25, 0.3) is 11.3 Å². The van der Waals surface area contributed by atoms with Crippen molar-refractivity contribution in [1.82, 2.24) is 10.3 Å². The van der Waals surface area contributed by atoms with Crippen LogP contribution in [0.2, 0.25) is 0 Å². The summed E-state index contributed by atoms with van der Waals surface area (Å²) in [5.41, 5.74) is 2.10. The Balaban J connectivity index is 0.00000176. The van der Waals surface area contributed by atoms with Crippen LogP contribution in [0.4, 0.5) is 0 Å². The molecule has 2 aromatic rings. The van der Waals surface area contributed by atoms with Gasteiger partial charge in [0.15, 0.2) is 11.5 Å². The third kappa shape index (κ3) is 3.62. The van der Waals surface area contributed by atoms with E-state index in [9.17, 15) is 0 Å². The van der Waals surface area contributed by atoms with Gasteiger partial charge in [0.05, 0.1) is 24.9 Å². The zero-order valence-corrected chi connectivity index (χ0v) is 15.3. The van der Waals surface area contributed by atoms with Gasteiger partial charge in [-0.25, -0.2) is 4.98 Å². The van der Waals surface area contributed by atoms with E-state index in [-0.39, 0.29) is 17.0 Å². The molecule has 1 saturated heterocycles. The van der Waals surface area contributed by atoms with Crippen LogP contribution in [-0.4, -0.2) is 32.3 Å². The number of nitrogens with zero attached hydrogens (tertiary/aromatic N) is 1. The van der Waals surface area contributed by atoms with E-state index in [1.165, 1.54) is 17.8 Å². The Morgan fingerprint density at radius 2 is 1.86 bits per heavy atom. The largest absolute Gasteiger partial charge is 0.493 e. The number of hydrogen-bond acceptors (Lipinski definition) is 5. The van der Waals surface area contributed by atoms with E-state index in [0.717, 1.165) is 35.8 Å². The average Bonchev–Trinajstić information content (AvgIpc) is 3.05. The van der Waals surface area contributed by atoms with Crippen molar-refractivity contribution in [1.29, 1.82) is 0 Å². The minimum atomic E-state index is 0. The van der Waals surface area contributed by atoms with E-state index in [0.29, 0.717) is 5.92 Å². The second-order valence-electron chi connectivity index (χ2n) is 5.17. The smallest absolute Gasteiger partial charge is 0.161 e. The van der Waals surface area contributed by atoms with Crippen LogP contribution in [0.15, 0.2) is 23.6 Å². The third-order valence-corrected chi connectivity index (χ3v) is 4.90. The van der Waals surface area contributed by atoms with Crippen molar-refractivity contribution in [2.24, 2.45) is 0 Å². The molecule has 1 aromatic carbocycles. The lowest BCUT2D eigenvalue weighted by atomic mass is 9.99. The van der Waals surface area contributed by atoms with E-state index in [1.807, 2.05) is 18.2 Å². The number of thiazole rings is 1. The Kier molecular flexibility index (Phi) is 6.23. The fourth-order valence-electron chi connectivity index (χ4n) is 2.67. The molecular formula is C16H21BrN2O2S. The number of ether oxygens (including phenoxy) is 2. The molecule has 0 radical (unpaired) electrons. The molecule has 3 rings (SSSR count). The quantitative estimate of drug-likeness (QED) is 0.868. The fourth-order valence-corrected chi connectivity index (χ4v) is 3.67. The Bertz CT molecular complexity index is 612. The Morgan fingerprint density at radius 3 is 2.55 bits per heavy atom. The molecule has 120 valence electrons. The van der Waals surface area contributed by atoms with Crippen LogP contribution >= 0.6 is 28.3 Å². The molecule has 1 aliphatic rings. The van der Waals surface area contributed by atoms with Gasteiger partial charge in [-0.3, -0.25) is 0 Å². The maximum Gasteiger partial charge on any atom is 0.161 e. The summed E-state index contributed by atoms with van der Waals surface area (Å²) in [7, 11) is 3.30. The highest BCUT2D eigenvalue weighted by Crippen LogP contribution is 2.35. The molecule has 0 amide bonds. The van der Waals surface area contributed by atoms with E-state index in [2.05, 4.69) is 10.7 Å². The number of hydrogen-bond donors (Lipinski definition) is 1. The lowest BCUT2D eigenvalue weighted by Gasteiger charge is -2.20. The maximum absolute atomic E-state index is 5.36. The van der Waals surface area contributed by atoms with Gasteiger partial charge in [0.1, 0.15) is 0 Å². The molecule has 0 bridgehead atoms. The van der Waals surface area contributed by atoms with Crippen molar-refractivity contribution in [3.63, 3.8) is 0 Å². The number of benzene rings is 1. The SMILES string of the molecule is Br.COc1ccc(-c2csc(C3CCNCC3)n2)cc1OC. The highest BCUT2D eigenvalue weighted by Gasteiger charge is 2.19. The molecule has 0 unspecified atom stereocenters. The van der Waals surface area contributed by atoms with Crippen LogP contribution in [0, 0.1) is 0 Å². The van der Waals surface area contributed by atoms with Gasteiger partial charge in [-0.05, 0) is 44.1 Å². The summed E-state index contributed by atoms with van der Waals surface area (Å²) in [5, 5.41) is 6.79. The third-order valence-electron chi connectivity index (χ3n) is 3.89. The highest BCUT2D eigenvalue weighted by atomic mass is 79.9. The van der Waals surface area contributed by atoms with E-state index >= 15 is 0 Å². The Hall–Kier alpha value is -1.11. The predicted octanol–water partition coefficient (Wildman–Crippen LogP) is 3.87. The summed E-state index contributed by atoms with van der Waals surface area (Å²) >= 11 is 1.76. The van der Waals surface area contributed by atoms with Crippen molar-refractivity contribution < 1.29 is 9.47 Å². The molecule has 1 fully saturated rings. The zero-order chi connectivity index (χ0) is 14.7. The molecule has 6 heteroatoms. The topological polar surface area (TPSA) is 43.4 Å². The maximum atomic E-state index is 5.36. The van der Waals surface area contributed by atoms with Gasteiger partial charge >= 0.3 is 0 Å². The van der Waals surface area contributed by atoms with Gasteiger partial charge in [0.2, 0.25) is 0 Å².